The number of carbonyl (C=O) groups excluding carboxylic acids is 2. The molecule has 3 amide bonds. The zero-order valence-corrected chi connectivity index (χ0v) is 18.5. The van der Waals surface area contributed by atoms with E-state index >= 15 is 0 Å². The third kappa shape index (κ3) is 5.88. The number of nitrogens with one attached hydrogen (secondary N) is 1. The molecule has 1 aliphatic rings. The molecule has 0 atom stereocenters. The van der Waals surface area contributed by atoms with E-state index in [1.165, 1.54) is 24.3 Å². The van der Waals surface area contributed by atoms with E-state index in [1.807, 2.05) is 31.2 Å². The quantitative estimate of drug-likeness (QED) is 0.590. The Labute approximate surface area is 192 Å². The Kier molecular flexibility index (Phi) is 6.88. The van der Waals surface area contributed by atoms with Crippen LogP contribution in [0, 0.1) is 12.7 Å². The van der Waals surface area contributed by atoms with E-state index in [-0.39, 0.29) is 17.8 Å². The van der Waals surface area contributed by atoms with Gasteiger partial charge < -0.3 is 19.9 Å². The predicted octanol–water partition coefficient (Wildman–Crippen LogP) is 5.31. The lowest BCUT2D eigenvalue weighted by atomic mass is 10.2. The van der Waals surface area contributed by atoms with Crippen LogP contribution in [0.4, 0.5) is 14.9 Å². The Morgan fingerprint density at radius 1 is 0.788 bits per heavy atom. The summed E-state index contributed by atoms with van der Waals surface area (Å²) in [6, 6.07) is 20.3. The standard InChI is InChI=1S/C26H26FN3O3/c1-19-3-11-23(12-4-19)33-24-13-9-22(10-14-24)28-26(32)30-16-2-15-29(17-18-30)25(31)20-5-7-21(27)8-6-20/h3-14H,2,15-18H2,1H3,(H,28,32). The number of anilines is 1. The molecular weight excluding hydrogens is 421 g/mol. The third-order valence-corrected chi connectivity index (χ3v) is 5.52. The molecule has 7 heteroatoms. The maximum Gasteiger partial charge on any atom is 0.321 e. The minimum atomic E-state index is -0.375. The number of urea groups is 1. The van der Waals surface area contributed by atoms with Crippen LogP contribution in [0.1, 0.15) is 22.3 Å². The maximum absolute atomic E-state index is 13.1. The van der Waals surface area contributed by atoms with Gasteiger partial charge in [-0.15, -0.1) is 0 Å². The first-order valence-electron chi connectivity index (χ1n) is 10.9. The van der Waals surface area contributed by atoms with Crippen LogP contribution < -0.4 is 10.1 Å². The number of ether oxygens (including phenoxy) is 1. The predicted molar refractivity (Wildman–Crippen MR) is 125 cm³/mol. The number of amides is 3. The van der Waals surface area contributed by atoms with E-state index in [2.05, 4.69) is 5.32 Å². The summed E-state index contributed by atoms with van der Waals surface area (Å²) in [7, 11) is 0. The molecule has 0 radical (unpaired) electrons. The molecule has 1 aliphatic heterocycles. The molecule has 1 N–H and O–H groups in total. The molecule has 33 heavy (non-hydrogen) atoms. The van der Waals surface area contributed by atoms with Crippen LogP contribution >= 0.6 is 0 Å². The minimum Gasteiger partial charge on any atom is -0.457 e. The van der Waals surface area contributed by atoms with Crippen molar-refractivity contribution in [2.45, 2.75) is 13.3 Å². The normalized spacial score (nSPS) is 13.9. The van der Waals surface area contributed by atoms with Gasteiger partial charge in [0.05, 0.1) is 0 Å². The van der Waals surface area contributed by atoms with Crippen molar-refractivity contribution in [2.24, 2.45) is 0 Å². The van der Waals surface area contributed by atoms with Gasteiger partial charge in [0, 0.05) is 37.4 Å². The Hall–Kier alpha value is -3.87. The molecule has 1 saturated heterocycles. The number of halogens is 1. The van der Waals surface area contributed by atoms with E-state index in [9.17, 15) is 14.0 Å². The molecule has 0 bridgehead atoms. The topological polar surface area (TPSA) is 61.9 Å². The molecule has 170 valence electrons. The van der Waals surface area contributed by atoms with Crippen molar-refractivity contribution in [1.29, 1.82) is 0 Å². The first-order chi connectivity index (χ1) is 16.0. The lowest BCUT2D eigenvalue weighted by molar-refractivity contribution is 0.0762. The van der Waals surface area contributed by atoms with Crippen LogP contribution in [0.5, 0.6) is 11.5 Å². The van der Waals surface area contributed by atoms with Crippen molar-refractivity contribution in [2.75, 3.05) is 31.5 Å². The Morgan fingerprint density at radius 3 is 2.03 bits per heavy atom. The Balaban J connectivity index is 1.30. The van der Waals surface area contributed by atoms with E-state index in [1.54, 1.807) is 34.1 Å². The van der Waals surface area contributed by atoms with E-state index in [4.69, 9.17) is 4.74 Å². The van der Waals surface area contributed by atoms with Gasteiger partial charge in [-0.25, -0.2) is 9.18 Å². The summed E-state index contributed by atoms with van der Waals surface area (Å²) in [6.45, 7) is 3.96. The van der Waals surface area contributed by atoms with Gasteiger partial charge >= 0.3 is 6.03 Å². The van der Waals surface area contributed by atoms with Gasteiger partial charge in [0.1, 0.15) is 17.3 Å². The first kappa shape index (κ1) is 22.3. The summed E-state index contributed by atoms with van der Waals surface area (Å²) in [4.78, 5) is 28.8. The molecule has 6 nitrogen and oxygen atoms in total. The maximum atomic E-state index is 13.1. The molecule has 1 heterocycles. The van der Waals surface area contributed by atoms with Crippen molar-refractivity contribution in [1.82, 2.24) is 9.80 Å². The van der Waals surface area contributed by atoms with Gasteiger partial charge in [0.2, 0.25) is 0 Å². The highest BCUT2D eigenvalue weighted by Crippen LogP contribution is 2.23. The van der Waals surface area contributed by atoms with Gasteiger partial charge in [-0.3, -0.25) is 4.79 Å². The number of hydrogen-bond donors (Lipinski definition) is 1. The molecule has 1 fully saturated rings. The average Bonchev–Trinajstić information content (AvgIpc) is 3.08. The molecule has 0 unspecified atom stereocenters. The number of rotatable bonds is 4. The monoisotopic (exact) mass is 447 g/mol. The SMILES string of the molecule is Cc1ccc(Oc2ccc(NC(=O)N3CCCN(C(=O)c4ccc(F)cc4)CC3)cc2)cc1. The lowest BCUT2D eigenvalue weighted by Gasteiger charge is -2.22. The Morgan fingerprint density at radius 2 is 1.36 bits per heavy atom. The summed E-state index contributed by atoms with van der Waals surface area (Å²) in [5, 5.41) is 2.91. The molecular formula is C26H26FN3O3. The second-order valence-corrected chi connectivity index (χ2v) is 8.01. The number of aryl methyl sites for hydroxylation is 1. The number of nitrogens with zero attached hydrogens (tertiary/aromatic N) is 2. The molecule has 0 saturated carbocycles. The minimum absolute atomic E-state index is 0.151. The van der Waals surface area contributed by atoms with E-state index < -0.39 is 0 Å². The second kappa shape index (κ2) is 10.2. The fourth-order valence-corrected chi connectivity index (χ4v) is 3.65. The van der Waals surface area contributed by atoms with Gasteiger partial charge in [-0.1, -0.05) is 17.7 Å². The zero-order valence-electron chi connectivity index (χ0n) is 18.5. The van der Waals surface area contributed by atoms with Crippen molar-refractivity contribution in [3.05, 3.63) is 89.7 Å². The summed E-state index contributed by atoms with van der Waals surface area (Å²) in [6.07, 6.45) is 0.670. The second-order valence-electron chi connectivity index (χ2n) is 8.01. The fourth-order valence-electron chi connectivity index (χ4n) is 3.65. The molecule has 0 aliphatic carbocycles. The first-order valence-corrected chi connectivity index (χ1v) is 10.9. The van der Waals surface area contributed by atoms with E-state index in [0.29, 0.717) is 49.6 Å². The Bertz CT molecular complexity index is 1100. The van der Waals surface area contributed by atoms with Crippen LogP contribution in [0.15, 0.2) is 72.8 Å². The smallest absolute Gasteiger partial charge is 0.321 e. The van der Waals surface area contributed by atoms with Crippen LogP contribution in [-0.4, -0.2) is 47.9 Å². The highest BCUT2D eigenvalue weighted by Gasteiger charge is 2.23. The molecule has 0 aromatic heterocycles. The van der Waals surface area contributed by atoms with Crippen LogP contribution in [-0.2, 0) is 0 Å². The number of hydrogen-bond acceptors (Lipinski definition) is 3. The number of benzene rings is 3. The molecule has 0 spiro atoms. The van der Waals surface area contributed by atoms with E-state index in [0.717, 1.165) is 11.3 Å². The summed E-state index contributed by atoms with van der Waals surface area (Å²) < 4.78 is 18.9. The van der Waals surface area contributed by atoms with Gasteiger partial charge in [-0.2, -0.15) is 0 Å². The molecule has 3 aromatic carbocycles. The average molecular weight is 448 g/mol. The van der Waals surface area contributed by atoms with Gasteiger partial charge in [-0.05, 0) is 74.0 Å². The van der Waals surface area contributed by atoms with Crippen LogP contribution in [0.25, 0.3) is 0 Å². The highest BCUT2D eigenvalue weighted by molar-refractivity contribution is 5.94. The van der Waals surface area contributed by atoms with Crippen molar-refractivity contribution in [3.63, 3.8) is 0 Å². The van der Waals surface area contributed by atoms with Crippen LogP contribution in [0.2, 0.25) is 0 Å². The molecule has 3 aromatic rings. The van der Waals surface area contributed by atoms with Gasteiger partial charge in [0.25, 0.3) is 5.91 Å². The zero-order chi connectivity index (χ0) is 23.2. The van der Waals surface area contributed by atoms with Crippen molar-refractivity contribution >= 4 is 17.6 Å². The van der Waals surface area contributed by atoms with Crippen molar-refractivity contribution < 1.29 is 18.7 Å². The highest BCUT2D eigenvalue weighted by atomic mass is 19.1. The fraction of sp³-hybridized carbons (Fsp3) is 0.231. The summed E-state index contributed by atoms with van der Waals surface area (Å²) in [5.41, 5.74) is 2.28. The third-order valence-electron chi connectivity index (χ3n) is 5.52. The molecule has 4 rings (SSSR count). The summed E-state index contributed by atoms with van der Waals surface area (Å²) in [5.74, 6) is 0.907. The van der Waals surface area contributed by atoms with Crippen molar-refractivity contribution in [3.8, 4) is 11.5 Å². The van der Waals surface area contributed by atoms with Gasteiger partial charge in [0.15, 0.2) is 0 Å². The number of carbonyl (C=O) groups is 2. The largest absolute Gasteiger partial charge is 0.457 e. The van der Waals surface area contributed by atoms with Crippen LogP contribution in [0.3, 0.4) is 0 Å². The lowest BCUT2D eigenvalue weighted by Crippen LogP contribution is -2.39. The summed E-state index contributed by atoms with van der Waals surface area (Å²) >= 11 is 0.